The van der Waals surface area contributed by atoms with Crippen LogP contribution in [0.5, 0.6) is 11.5 Å². The molecule has 146 valence electrons. The van der Waals surface area contributed by atoms with Gasteiger partial charge in [-0.15, -0.1) is 0 Å². The van der Waals surface area contributed by atoms with Crippen molar-refractivity contribution < 1.29 is 9.47 Å². The molecule has 0 aliphatic heterocycles. The summed E-state index contributed by atoms with van der Waals surface area (Å²) in [4.78, 5) is 4.32. The molecule has 0 aliphatic rings. The van der Waals surface area contributed by atoms with E-state index in [1.807, 2.05) is 61.5 Å². The van der Waals surface area contributed by atoms with Gasteiger partial charge in [0.2, 0.25) is 0 Å². The Balaban J connectivity index is 1.67. The minimum absolute atomic E-state index is 0.445. The van der Waals surface area contributed by atoms with Gasteiger partial charge in [-0.3, -0.25) is 4.98 Å². The van der Waals surface area contributed by atoms with E-state index in [2.05, 4.69) is 26.2 Å². The molecule has 0 aliphatic carbocycles. The van der Waals surface area contributed by atoms with Gasteiger partial charge in [-0.05, 0) is 54.4 Å². The molecule has 0 amide bonds. The molecule has 1 N–H and O–H groups in total. The molecule has 0 bridgehead atoms. The van der Waals surface area contributed by atoms with Crippen molar-refractivity contribution in [3.63, 3.8) is 0 Å². The highest BCUT2D eigenvalue weighted by Gasteiger charge is 2.11. The number of hydrogen-bond acceptors (Lipinski definition) is 4. The van der Waals surface area contributed by atoms with Crippen LogP contribution in [0.25, 0.3) is 0 Å². The molecule has 2 aromatic carbocycles. The predicted molar refractivity (Wildman–Crippen MR) is 116 cm³/mol. The maximum atomic E-state index is 6.00. The monoisotopic (exact) mass is 460 g/mol. The Labute approximate surface area is 179 Å². The maximum Gasteiger partial charge on any atom is 0.162 e. The Kier molecular flexibility index (Phi) is 7.71. The summed E-state index contributed by atoms with van der Waals surface area (Å²) in [6, 6.07) is 17.5. The number of ether oxygens (including phenoxy) is 2. The number of rotatable bonds is 9. The first kappa shape index (κ1) is 20.6. The summed E-state index contributed by atoms with van der Waals surface area (Å²) in [5.74, 6) is 1.44. The molecule has 1 heterocycles. The third-order valence-electron chi connectivity index (χ3n) is 4.07. The molecule has 1 aromatic heterocycles. The highest BCUT2D eigenvalue weighted by atomic mass is 79.9. The van der Waals surface area contributed by atoms with Crippen LogP contribution in [-0.2, 0) is 19.7 Å². The van der Waals surface area contributed by atoms with Crippen LogP contribution in [0, 0.1) is 0 Å². The van der Waals surface area contributed by atoms with Crippen molar-refractivity contribution in [2.24, 2.45) is 0 Å². The largest absolute Gasteiger partial charge is 0.490 e. The third kappa shape index (κ3) is 5.96. The number of halogens is 2. The summed E-state index contributed by atoms with van der Waals surface area (Å²) < 4.78 is 12.8. The number of aromatic nitrogens is 1. The van der Waals surface area contributed by atoms with Gasteiger partial charge in [-0.1, -0.05) is 45.7 Å². The van der Waals surface area contributed by atoms with Crippen molar-refractivity contribution in [2.45, 2.75) is 26.6 Å². The van der Waals surface area contributed by atoms with Crippen molar-refractivity contribution in [3.05, 3.63) is 87.1 Å². The maximum absolute atomic E-state index is 6.00. The van der Waals surface area contributed by atoms with E-state index in [0.29, 0.717) is 37.1 Å². The lowest BCUT2D eigenvalue weighted by molar-refractivity contribution is 0.269. The summed E-state index contributed by atoms with van der Waals surface area (Å²) >= 11 is 9.58. The van der Waals surface area contributed by atoms with Gasteiger partial charge < -0.3 is 14.8 Å². The summed E-state index contributed by atoms with van der Waals surface area (Å²) in [6.07, 6.45) is 1.80. The van der Waals surface area contributed by atoms with E-state index in [4.69, 9.17) is 21.1 Å². The predicted octanol–water partition coefficient (Wildman–Crippen LogP) is 5.77. The van der Waals surface area contributed by atoms with E-state index in [9.17, 15) is 0 Å². The van der Waals surface area contributed by atoms with Crippen LogP contribution in [0.1, 0.15) is 23.7 Å². The zero-order valence-corrected chi connectivity index (χ0v) is 18.0. The van der Waals surface area contributed by atoms with Gasteiger partial charge in [0.05, 0.1) is 12.3 Å². The standard InChI is InChI=1S/C22H22BrClN2O2/c1-2-27-21-11-17(13-25-14-19-5-3-4-10-26-19)20(23)12-22(21)28-15-16-6-8-18(24)9-7-16/h3-12,25H,2,13-15H2,1H3. The Hall–Kier alpha value is -2.08. The fourth-order valence-corrected chi connectivity index (χ4v) is 3.25. The first-order valence-corrected chi connectivity index (χ1v) is 10.3. The Morgan fingerprint density at radius 3 is 2.50 bits per heavy atom. The van der Waals surface area contributed by atoms with Crippen molar-refractivity contribution >= 4 is 27.5 Å². The lowest BCUT2D eigenvalue weighted by Crippen LogP contribution is -2.14. The topological polar surface area (TPSA) is 43.4 Å². The zero-order valence-electron chi connectivity index (χ0n) is 15.6. The fraction of sp³-hybridized carbons (Fsp3) is 0.227. The number of benzene rings is 2. The van der Waals surface area contributed by atoms with Gasteiger partial charge in [0.1, 0.15) is 6.61 Å². The van der Waals surface area contributed by atoms with Crippen molar-refractivity contribution in [1.29, 1.82) is 0 Å². The second-order valence-electron chi connectivity index (χ2n) is 6.16. The molecule has 0 atom stereocenters. The van der Waals surface area contributed by atoms with E-state index < -0.39 is 0 Å². The second-order valence-corrected chi connectivity index (χ2v) is 7.45. The minimum atomic E-state index is 0.445. The quantitative estimate of drug-likeness (QED) is 0.440. The lowest BCUT2D eigenvalue weighted by atomic mass is 10.2. The van der Waals surface area contributed by atoms with E-state index >= 15 is 0 Å². The summed E-state index contributed by atoms with van der Waals surface area (Å²) in [7, 11) is 0. The molecule has 28 heavy (non-hydrogen) atoms. The molecule has 4 nitrogen and oxygen atoms in total. The highest BCUT2D eigenvalue weighted by Crippen LogP contribution is 2.34. The Morgan fingerprint density at radius 2 is 1.79 bits per heavy atom. The molecule has 3 aromatic rings. The molecule has 0 saturated heterocycles. The average molecular weight is 462 g/mol. The van der Waals surface area contributed by atoms with Crippen molar-refractivity contribution in [1.82, 2.24) is 10.3 Å². The summed E-state index contributed by atoms with van der Waals surface area (Å²) in [5.41, 5.74) is 3.15. The molecule has 0 fully saturated rings. The number of nitrogens with one attached hydrogen (secondary N) is 1. The van der Waals surface area contributed by atoms with E-state index in [1.54, 1.807) is 6.20 Å². The number of nitrogens with zero attached hydrogens (tertiary/aromatic N) is 1. The van der Waals surface area contributed by atoms with Gasteiger partial charge >= 0.3 is 0 Å². The molecule has 0 unspecified atom stereocenters. The van der Waals surface area contributed by atoms with Crippen LogP contribution >= 0.6 is 27.5 Å². The minimum Gasteiger partial charge on any atom is -0.490 e. The van der Waals surface area contributed by atoms with Crippen LogP contribution < -0.4 is 14.8 Å². The molecule has 0 saturated carbocycles. The molecule has 3 rings (SSSR count). The van der Waals surface area contributed by atoms with Crippen LogP contribution in [0.15, 0.2) is 65.3 Å². The first-order valence-electron chi connectivity index (χ1n) is 9.08. The highest BCUT2D eigenvalue weighted by molar-refractivity contribution is 9.10. The average Bonchev–Trinajstić information content (AvgIpc) is 2.71. The van der Waals surface area contributed by atoms with E-state index in [-0.39, 0.29) is 0 Å². The van der Waals surface area contributed by atoms with E-state index in [0.717, 1.165) is 27.0 Å². The van der Waals surface area contributed by atoms with Gasteiger partial charge in [-0.2, -0.15) is 0 Å². The van der Waals surface area contributed by atoms with Gasteiger partial charge in [0, 0.05) is 28.8 Å². The van der Waals surface area contributed by atoms with Crippen LogP contribution in [0.2, 0.25) is 5.02 Å². The SMILES string of the molecule is CCOc1cc(CNCc2ccccn2)c(Br)cc1OCc1ccc(Cl)cc1. The van der Waals surface area contributed by atoms with E-state index in [1.165, 1.54) is 0 Å². The number of pyridine rings is 1. The van der Waals surface area contributed by atoms with Crippen LogP contribution in [0.3, 0.4) is 0 Å². The van der Waals surface area contributed by atoms with Crippen LogP contribution in [0.4, 0.5) is 0 Å². The van der Waals surface area contributed by atoms with Crippen LogP contribution in [-0.4, -0.2) is 11.6 Å². The summed E-state index contributed by atoms with van der Waals surface area (Å²) in [6.45, 7) is 4.37. The zero-order chi connectivity index (χ0) is 19.8. The molecule has 6 heteroatoms. The molecule has 0 spiro atoms. The van der Waals surface area contributed by atoms with Gasteiger partial charge in [0.15, 0.2) is 11.5 Å². The van der Waals surface area contributed by atoms with Gasteiger partial charge in [0.25, 0.3) is 0 Å². The van der Waals surface area contributed by atoms with Crippen molar-refractivity contribution in [2.75, 3.05) is 6.61 Å². The second kappa shape index (κ2) is 10.5. The Bertz CT molecular complexity index is 889. The normalized spacial score (nSPS) is 10.7. The lowest BCUT2D eigenvalue weighted by Gasteiger charge is -2.15. The third-order valence-corrected chi connectivity index (χ3v) is 5.06. The smallest absolute Gasteiger partial charge is 0.162 e. The Morgan fingerprint density at radius 1 is 1.00 bits per heavy atom. The number of hydrogen-bond donors (Lipinski definition) is 1. The molecule has 0 radical (unpaired) electrons. The first-order chi connectivity index (χ1) is 13.7. The molecular weight excluding hydrogens is 440 g/mol. The molecular formula is C22H22BrClN2O2. The summed E-state index contributed by atoms with van der Waals surface area (Å²) in [5, 5.41) is 4.12. The fourth-order valence-electron chi connectivity index (χ4n) is 2.66. The van der Waals surface area contributed by atoms with Crippen molar-refractivity contribution in [3.8, 4) is 11.5 Å². The van der Waals surface area contributed by atoms with Gasteiger partial charge in [-0.25, -0.2) is 0 Å².